The molecule has 3 aromatic rings. The first kappa shape index (κ1) is 14.4. The second-order valence-electron chi connectivity index (χ2n) is 4.76. The molecule has 0 aliphatic heterocycles. The lowest BCUT2D eigenvalue weighted by Gasteiger charge is -2.04. The molecule has 22 heavy (non-hydrogen) atoms. The van der Waals surface area contributed by atoms with Crippen LogP contribution in [-0.2, 0) is 0 Å². The van der Waals surface area contributed by atoms with Crippen molar-refractivity contribution in [1.82, 2.24) is 4.57 Å². The van der Waals surface area contributed by atoms with Crippen LogP contribution in [0.1, 0.15) is 5.56 Å². The lowest BCUT2D eigenvalue weighted by molar-refractivity contribution is 0.415. The predicted molar refractivity (Wildman–Crippen MR) is 91.0 cm³/mol. The molecule has 3 nitrogen and oxygen atoms in total. The molecule has 0 radical (unpaired) electrons. The topological polar surface area (TPSA) is 26.5 Å². The quantitative estimate of drug-likeness (QED) is 0.630. The summed E-state index contributed by atoms with van der Waals surface area (Å²) >= 11 is 6.09. The Morgan fingerprint density at radius 2 is 1.82 bits per heavy atom. The number of aromatic nitrogens is 1. The SMILES string of the molecule is COc1ccc(-n2ccc(C=Nc3ccccc3Cl)c2)cc1. The van der Waals surface area contributed by atoms with E-state index in [-0.39, 0.29) is 0 Å². The zero-order valence-electron chi connectivity index (χ0n) is 12.1. The molecule has 2 aromatic carbocycles. The van der Waals surface area contributed by atoms with Gasteiger partial charge in [0, 0.05) is 29.9 Å². The molecule has 0 atom stereocenters. The van der Waals surface area contributed by atoms with Crippen LogP contribution in [0.4, 0.5) is 5.69 Å². The molecule has 3 rings (SSSR count). The third-order valence-electron chi connectivity index (χ3n) is 3.29. The van der Waals surface area contributed by atoms with Crippen molar-refractivity contribution in [3.8, 4) is 11.4 Å². The van der Waals surface area contributed by atoms with Crippen LogP contribution in [-0.4, -0.2) is 17.9 Å². The molecule has 0 unspecified atom stereocenters. The molecule has 0 N–H and O–H groups in total. The van der Waals surface area contributed by atoms with Gasteiger partial charge in [-0.15, -0.1) is 0 Å². The first-order chi connectivity index (χ1) is 10.8. The summed E-state index contributed by atoms with van der Waals surface area (Å²) in [5.41, 5.74) is 2.84. The average molecular weight is 311 g/mol. The van der Waals surface area contributed by atoms with E-state index in [1.54, 1.807) is 13.3 Å². The standard InChI is InChI=1S/C18H15ClN2O/c1-22-16-8-6-15(7-9-16)21-11-10-14(13-21)12-20-18-5-3-2-4-17(18)19/h2-13H,1H3. The van der Waals surface area contributed by atoms with Crippen LogP contribution in [0.5, 0.6) is 5.75 Å². The summed E-state index contributed by atoms with van der Waals surface area (Å²) in [6.07, 6.45) is 5.82. The number of para-hydroxylation sites is 1. The van der Waals surface area contributed by atoms with Gasteiger partial charge in [-0.1, -0.05) is 23.7 Å². The fourth-order valence-corrected chi connectivity index (χ4v) is 2.29. The fourth-order valence-electron chi connectivity index (χ4n) is 2.10. The van der Waals surface area contributed by atoms with Crippen molar-refractivity contribution in [1.29, 1.82) is 0 Å². The lowest BCUT2D eigenvalue weighted by Crippen LogP contribution is -1.90. The Morgan fingerprint density at radius 3 is 2.55 bits per heavy atom. The van der Waals surface area contributed by atoms with Crippen molar-refractivity contribution >= 4 is 23.5 Å². The molecule has 0 aliphatic carbocycles. The van der Waals surface area contributed by atoms with Gasteiger partial charge < -0.3 is 9.30 Å². The van der Waals surface area contributed by atoms with Gasteiger partial charge in [0.05, 0.1) is 17.8 Å². The number of nitrogens with zero attached hydrogens (tertiary/aromatic N) is 2. The second kappa shape index (κ2) is 6.50. The first-order valence-electron chi connectivity index (χ1n) is 6.87. The van der Waals surface area contributed by atoms with Crippen LogP contribution in [0.25, 0.3) is 5.69 Å². The Labute approximate surface area is 134 Å². The van der Waals surface area contributed by atoms with E-state index in [0.717, 1.165) is 22.7 Å². The summed E-state index contributed by atoms with van der Waals surface area (Å²) in [6.45, 7) is 0. The Kier molecular flexibility index (Phi) is 4.26. The smallest absolute Gasteiger partial charge is 0.119 e. The zero-order chi connectivity index (χ0) is 15.4. The van der Waals surface area contributed by atoms with Crippen molar-refractivity contribution in [3.05, 3.63) is 77.6 Å². The van der Waals surface area contributed by atoms with Gasteiger partial charge in [0.2, 0.25) is 0 Å². The van der Waals surface area contributed by atoms with Crippen LogP contribution in [0.2, 0.25) is 5.02 Å². The van der Waals surface area contributed by atoms with Gasteiger partial charge in [0.1, 0.15) is 5.75 Å². The minimum atomic E-state index is 0.647. The molecular formula is C18H15ClN2O. The lowest BCUT2D eigenvalue weighted by atomic mass is 10.3. The number of benzene rings is 2. The molecule has 0 saturated heterocycles. The maximum absolute atomic E-state index is 6.09. The number of hydrogen-bond donors (Lipinski definition) is 0. The van der Waals surface area contributed by atoms with Crippen LogP contribution in [0, 0.1) is 0 Å². The van der Waals surface area contributed by atoms with E-state index in [2.05, 4.69) is 4.99 Å². The highest BCUT2D eigenvalue weighted by molar-refractivity contribution is 6.33. The predicted octanol–water partition coefficient (Wildman–Crippen LogP) is 4.89. The van der Waals surface area contributed by atoms with E-state index in [4.69, 9.17) is 16.3 Å². The highest BCUT2D eigenvalue weighted by Gasteiger charge is 1.99. The Bertz CT molecular complexity index is 791. The third-order valence-corrected chi connectivity index (χ3v) is 3.61. The average Bonchev–Trinajstić information content (AvgIpc) is 3.03. The summed E-state index contributed by atoms with van der Waals surface area (Å²) < 4.78 is 7.20. The van der Waals surface area contributed by atoms with E-state index in [1.165, 1.54) is 0 Å². The minimum Gasteiger partial charge on any atom is -0.497 e. The van der Waals surface area contributed by atoms with Crippen molar-refractivity contribution in [2.24, 2.45) is 4.99 Å². The van der Waals surface area contributed by atoms with Gasteiger partial charge in [-0.3, -0.25) is 4.99 Å². The number of rotatable bonds is 4. The second-order valence-corrected chi connectivity index (χ2v) is 5.17. The van der Waals surface area contributed by atoms with Crippen molar-refractivity contribution in [3.63, 3.8) is 0 Å². The molecule has 0 saturated carbocycles. The Morgan fingerprint density at radius 1 is 1.05 bits per heavy atom. The van der Waals surface area contributed by atoms with Gasteiger partial charge in [-0.05, 0) is 42.5 Å². The van der Waals surface area contributed by atoms with E-state index in [1.807, 2.05) is 71.6 Å². The van der Waals surface area contributed by atoms with Crippen LogP contribution >= 0.6 is 11.6 Å². The molecule has 4 heteroatoms. The highest BCUT2D eigenvalue weighted by atomic mass is 35.5. The molecule has 110 valence electrons. The number of methoxy groups -OCH3 is 1. The van der Waals surface area contributed by atoms with E-state index >= 15 is 0 Å². The van der Waals surface area contributed by atoms with E-state index < -0.39 is 0 Å². The Hall–Kier alpha value is -2.52. The van der Waals surface area contributed by atoms with Gasteiger partial charge in [-0.2, -0.15) is 0 Å². The summed E-state index contributed by atoms with van der Waals surface area (Å²) in [6, 6.07) is 17.4. The monoisotopic (exact) mass is 310 g/mol. The molecule has 0 spiro atoms. The van der Waals surface area contributed by atoms with E-state index in [9.17, 15) is 0 Å². The van der Waals surface area contributed by atoms with Gasteiger partial charge in [-0.25, -0.2) is 0 Å². The summed E-state index contributed by atoms with van der Waals surface area (Å²) in [5.74, 6) is 0.844. The van der Waals surface area contributed by atoms with Crippen LogP contribution < -0.4 is 4.74 Å². The molecule has 1 aromatic heterocycles. The van der Waals surface area contributed by atoms with Crippen molar-refractivity contribution in [2.45, 2.75) is 0 Å². The largest absolute Gasteiger partial charge is 0.497 e. The molecule has 1 heterocycles. The van der Waals surface area contributed by atoms with Gasteiger partial charge in [0.15, 0.2) is 0 Å². The minimum absolute atomic E-state index is 0.647. The number of ether oxygens (including phenoxy) is 1. The maximum Gasteiger partial charge on any atom is 0.119 e. The van der Waals surface area contributed by atoms with Crippen molar-refractivity contribution in [2.75, 3.05) is 7.11 Å². The van der Waals surface area contributed by atoms with Gasteiger partial charge >= 0.3 is 0 Å². The van der Waals surface area contributed by atoms with E-state index in [0.29, 0.717) is 5.02 Å². The highest BCUT2D eigenvalue weighted by Crippen LogP contribution is 2.23. The number of halogens is 1. The molecule has 0 fully saturated rings. The third kappa shape index (κ3) is 3.21. The molecule has 0 amide bonds. The molecule has 0 aliphatic rings. The molecular weight excluding hydrogens is 296 g/mol. The zero-order valence-corrected chi connectivity index (χ0v) is 12.9. The summed E-state index contributed by atoms with van der Waals surface area (Å²) in [5, 5.41) is 0.647. The number of aliphatic imine (C=N–C) groups is 1. The number of hydrogen-bond acceptors (Lipinski definition) is 2. The van der Waals surface area contributed by atoms with Crippen LogP contribution in [0.15, 0.2) is 72.0 Å². The van der Waals surface area contributed by atoms with Gasteiger partial charge in [0.25, 0.3) is 0 Å². The fraction of sp³-hybridized carbons (Fsp3) is 0.0556. The summed E-state index contributed by atoms with van der Waals surface area (Å²) in [4.78, 5) is 4.42. The maximum atomic E-state index is 6.09. The Balaban J connectivity index is 1.80. The van der Waals surface area contributed by atoms with Crippen molar-refractivity contribution < 1.29 is 4.74 Å². The summed E-state index contributed by atoms with van der Waals surface area (Å²) in [7, 11) is 1.66. The first-order valence-corrected chi connectivity index (χ1v) is 7.25. The van der Waals surface area contributed by atoms with Crippen LogP contribution in [0.3, 0.4) is 0 Å². The molecule has 0 bridgehead atoms. The normalized spacial score (nSPS) is 11.0.